The lowest BCUT2D eigenvalue weighted by Gasteiger charge is -2.40. The summed E-state index contributed by atoms with van der Waals surface area (Å²) in [7, 11) is 0. The van der Waals surface area contributed by atoms with Crippen LogP contribution in [0.3, 0.4) is 0 Å². The summed E-state index contributed by atoms with van der Waals surface area (Å²) in [5.41, 5.74) is 1.35. The molecular weight excluding hydrogens is 638 g/mol. The summed E-state index contributed by atoms with van der Waals surface area (Å²) in [4.78, 5) is 12.9. The SMILES string of the molecule is CCCCCCCCCCC/C=C/[C@@H](O)C(=O)N[C@@H](CO[C@@H]1O[C@H](CO)[C@@H](O)[C@H](O)[C@H]1O)[C@H](O)/C=C/CC/C=C(\C)CCCCCCCCC. The van der Waals surface area contributed by atoms with Crippen molar-refractivity contribution in [3.8, 4) is 0 Å². The van der Waals surface area contributed by atoms with Crippen LogP contribution in [-0.4, -0.2) is 98.7 Å². The number of nitrogens with one attached hydrogen (secondary N) is 1. The van der Waals surface area contributed by atoms with E-state index in [-0.39, 0.29) is 6.61 Å². The van der Waals surface area contributed by atoms with E-state index in [0.29, 0.717) is 6.42 Å². The van der Waals surface area contributed by atoms with Crippen LogP contribution >= 0.6 is 0 Å². The third kappa shape index (κ3) is 21.0. The highest BCUT2D eigenvalue weighted by atomic mass is 16.7. The van der Waals surface area contributed by atoms with Crippen molar-refractivity contribution in [2.24, 2.45) is 0 Å². The molecule has 0 saturated carbocycles. The highest BCUT2D eigenvalue weighted by Crippen LogP contribution is 2.22. The van der Waals surface area contributed by atoms with E-state index in [4.69, 9.17) is 9.47 Å². The van der Waals surface area contributed by atoms with Crippen molar-refractivity contribution in [3.63, 3.8) is 0 Å². The number of allylic oxidation sites excluding steroid dienone is 4. The molecule has 0 aromatic rings. The zero-order chi connectivity index (χ0) is 37.0. The molecule has 0 aromatic heterocycles. The van der Waals surface area contributed by atoms with E-state index in [0.717, 1.165) is 32.1 Å². The van der Waals surface area contributed by atoms with E-state index in [2.05, 4.69) is 32.2 Å². The molecule has 0 bridgehead atoms. The van der Waals surface area contributed by atoms with Crippen molar-refractivity contribution in [1.82, 2.24) is 5.32 Å². The fraction of sp³-hybridized carbons (Fsp3) is 0.825. The lowest BCUT2D eigenvalue weighted by molar-refractivity contribution is -0.302. The van der Waals surface area contributed by atoms with Crippen LogP contribution in [0.25, 0.3) is 0 Å². The number of unbranched alkanes of at least 4 members (excludes halogenated alkanes) is 16. The van der Waals surface area contributed by atoms with Crippen LogP contribution in [0.15, 0.2) is 36.0 Å². The maximum absolute atomic E-state index is 12.9. The number of aliphatic hydroxyl groups excluding tert-OH is 6. The van der Waals surface area contributed by atoms with Crippen molar-refractivity contribution < 1.29 is 44.9 Å². The van der Waals surface area contributed by atoms with Crippen LogP contribution in [0.2, 0.25) is 0 Å². The van der Waals surface area contributed by atoms with Gasteiger partial charge in [-0.1, -0.05) is 140 Å². The lowest BCUT2D eigenvalue weighted by Crippen LogP contribution is -2.60. The molecule has 1 aliphatic rings. The number of aliphatic hydroxyl groups is 6. The molecule has 0 aromatic carbocycles. The van der Waals surface area contributed by atoms with E-state index >= 15 is 0 Å². The largest absolute Gasteiger partial charge is 0.394 e. The number of hydrogen-bond acceptors (Lipinski definition) is 9. The van der Waals surface area contributed by atoms with Crippen molar-refractivity contribution >= 4 is 5.91 Å². The Balaban J connectivity index is 2.65. The van der Waals surface area contributed by atoms with Gasteiger partial charge in [0.2, 0.25) is 0 Å². The van der Waals surface area contributed by atoms with E-state index in [9.17, 15) is 35.4 Å². The number of carbonyl (C=O) groups excluding carboxylic acids is 1. The average molecular weight is 712 g/mol. The van der Waals surface area contributed by atoms with Gasteiger partial charge in [-0.05, 0) is 45.4 Å². The second kappa shape index (κ2) is 29.9. The van der Waals surface area contributed by atoms with Crippen LogP contribution in [0.1, 0.15) is 149 Å². The quantitative estimate of drug-likeness (QED) is 0.0354. The molecule has 292 valence electrons. The van der Waals surface area contributed by atoms with Gasteiger partial charge in [0.15, 0.2) is 12.4 Å². The van der Waals surface area contributed by atoms with Crippen LogP contribution in [0, 0.1) is 0 Å². The topological polar surface area (TPSA) is 169 Å². The molecule has 1 fully saturated rings. The normalized spacial score (nSPS) is 23.5. The Kier molecular flexibility index (Phi) is 27.7. The zero-order valence-electron chi connectivity index (χ0n) is 31.5. The first-order valence-electron chi connectivity index (χ1n) is 19.7. The van der Waals surface area contributed by atoms with Gasteiger partial charge in [-0.2, -0.15) is 0 Å². The summed E-state index contributed by atoms with van der Waals surface area (Å²) in [5.74, 6) is -0.716. The van der Waals surface area contributed by atoms with Gasteiger partial charge in [0, 0.05) is 0 Å². The summed E-state index contributed by atoms with van der Waals surface area (Å²) in [6, 6.07) is -1.03. The molecular formula is C40H73NO9. The summed E-state index contributed by atoms with van der Waals surface area (Å²) in [6.07, 6.45) is 22.1. The number of rotatable bonds is 30. The predicted octanol–water partition coefficient (Wildman–Crippen LogP) is 5.91. The molecule has 10 heteroatoms. The number of ether oxygens (including phenoxy) is 2. The van der Waals surface area contributed by atoms with E-state index < -0.39 is 61.5 Å². The van der Waals surface area contributed by atoms with Gasteiger partial charge in [-0.25, -0.2) is 0 Å². The molecule has 1 amide bonds. The Labute approximate surface area is 303 Å². The lowest BCUT2D eigenvalue weighted by atomic mass is 9.99. The molecule has 1 heterocycles. The standard InChI is InChI=1S/C40H73NO9/c1-4-6-8-10-12-13-14-15-17-19-23-28-34(44)39(48)41-32(30-49-40-38(47)37(46)36(45)35(29-42)50-40)33(43)27-24-20-22-26-31(3)25-21-18-16-11-9-7-5-2/h23-24,26-28,32-38,40,42-47H,4-22,25,29-30H2,1-3H3,(H,41,48)/b27-24+,28-23+,31-26+/t32-,33+,34+,35+,36+,37-,38+,40+/m0/s1. The van der Waals surface area contributed by atoms with Crippen molar-refractivity contribution in [2.75, 3.05) is 13.2 Å². The Hall–Kier alpha value is -1.63. The van der Waals surface area contributed by atoms with Crippen LogP contribution in [-0.2, 0) is 14.3 Å². The van der Waals surface area contributed by atoms with Gasteiger partial charge in [0.05, 0.1) is 25.4 Å². The highest BCUT2D eigenvalue weighted by Gasteiger charge is 2.44. The Bertz CT molecular complexity index is 925. The van der Waals surface area contributed by atoms with Crippen LogP contribution in [0.4, 0.5) is 0 Å². The minimum Gasteiger partial charge on any atom is -0.394 e. The number of hydrogen-bond donors (Lipinski definition) is 7. The molecule has 8 atom stereocenters. The van der Waals surface area contributed by atoms with Crippen molar-refractivity contribution in [2.45, 2.75) is 198 Å². The van der Waals surface area contributed by atoms with Gasteiger partial charge >= 0.3 is 0 Å². The third-order valence-electron chi connectivity index (χ3n) is 9.42. The molecule has 7 N–H and O–H groups in total. The van der Waals surface area contributed by atoms with Crippen molar-refractivity contribution in [1.29, 1.82) is 0 Å². The monoisotopic (exact) mass is 712 g/mol. The van der Waals surface area contributed by atoms with E-state index in [1.165, 1.54) is 102 Å². The molecule has 10 nitrogen and oxygen atoms in total. The van der Waals surface area contributed by atoms with Gasteiger partial charge < -0.3 is 45.4 Å². The van der Waals surface area contributed by atoms with Crippen LogP contribution < -0.4 is 5.32 Å². The Morgan fingerprint density at radius 3 is 1.90 bits per heavy atom. The maximum Gasteiger partial charge on any atom is 0.253 e. The first-order valence-corrected chi connectivity index (χ1v) is 19.7. The van der Waals surface area contributed by atoms with Gasteiger partial charge in [-0.3, -0.25) is 4.79 Å². The van der Waals surface area contributed by atoms with E-state index in [1.807, 2.05) is 6.08 Å². The average Bonchev–Trinajstić information content (AvgIpc) is 3.11. The third-order valence-corrected chi connectivity index (χ3v) is 9.42. The fourth-order valence-corrected chi connectivity index (χ4v) is 6.04. The van der Waals surface area contributed by atoms with Crippen LogP contribution in [0.5, 0.6) is 0 Å². The summed E-state index contributed by atoms with van der Waals surface area (Å²) >= 11 is 0. The highest BCUT2D eigenvalue weighted by molar-refractivity contribution is 5.82. The summed E-state index contributed by atoms with van der Waals surface area (Å²) in [5, 5.41) is 64.2. The number of amides is 1. The van der Waals surface area contributed by atoms with Gasteiger partial charge in [0.1, 0.15) is 24.4 Å². The minimum atomic E-state index is -1.62. The summed E-state index contributed by atoms with van der Waals surface area (Å²) in [6.45, 7) is 5.64. The molecule has 0 spiro atoms. The van der Waals surface area contributed by atoms with Gasteiger partial charge in [0.25, 0.3) is 5.91 Å². The smallest absolute Gasteiger partial charge is 0.253 e. The molecule has 1 saturated heterocycles. The van der Waals surface area contributed by atoms with E-state index in [1.54, 1.807) is 12.2 Å². The van der Waals surface area contributed by atoms with Gasteiger partial charge in [-0.15, -0.1) is 0 Å². The van der Waals surface area contributed by atoms with Crippen molar-refractivity contribution in [3.05, 3.63) is 36.0 Å². The predicted molar refractivity (Wildman–Crippen MR) is 199 cm³/mol. The fourth-order valence-electron chi connectivity index (χ4n) is 6.04. The number of carbonyl (C=O) groups is 1. The molecule has 0 radical (unpaired) electrons. The molecule has 1 aliphatic heterocycles. The Morgan fingerprint density at radius 2 is 1.30 bits per heavy atom. The molecule has 0 aliphatic carbocycles. The minimum absolute atomic E-state index is 0.341. The maximum atomic E-state index is 12.9. The molecule has 0 unspecified atom stereocenters. The Morgan fingerprint density at radius 1 is 0.740 bits per heavy atom. The summed E-state index contributed by atoms with van der Waals surface area (Å²) < 4.78 is 11.1. The zero-order valence-corrected chi connectivity index (χ0v) is 31.5. The molecule has 50 heavy (non-hydrogen) atoms. The first-order chi connectivity index (χ1) is 24.2. The first kappa shape index (κ1) is 46.4. The second-order valence-corrected chi connectivity index (χ2v) is 14.1. The molecule has 1 rings (SSSR count). The second-order valence-electron chi connectivity index (χ2n) is 14.1.